The molecule has 3 heteroatoms. The summed E-state index contributed by atoms with van der Waals surface area (Å²) in [6.07, 6.45) is 1.83. The number of aryl methyl sites for hydroxylation is 1. The molecule has 2 aromatic heterocycles. The van der Waals surface area contributed by atoms with E-state index in [0.717, 1.165) is 33.2 Å². The molecule has 0 N–H and O–H groups in total. The third-order valence-electron chi connectivity index (χ3n) is 5.49. The van der Waals surface area contributed by atoms with Crippen LogP contribution in [0.15, 0.2) is 59.5 Å². The van der Waals surface area contributed by atoms with Crippen molar-refractivity contribution in [2.45, 2.75) is 26.2 Å². The molecule has 25 heavy (non-hydrogen) atoms. The Kier molecular flexibility index (Phi) is 2.63. The summed E-state index contributed by atoms with van der Waals surface area (Å²) in [4.78, 5) is 17.8. The maximum atomic E-state index is 13.1. The van der Waals surface area contributed by atoms with Crippen molar-refractivity contribution in [3.05, 3.63) is 81.6 Å². The molecule has 0 unspecified atom stereocenters. The maximum absolute atomic E-state index is 13.1. The van der Waals surface area contributed by atoms with Gasteiger partial charge < -0.3 is 0 Å². The van der Waals surface area contributed by atoms with Crippen molar-refractivity contribution in [2.75, 3.05) is 0 Å². The Morgan fingerprint density at radius 3 is 2.60 bits per heavy atom. The zero-order valence-electron chi connectivity index (χ0n) is 14.5. The fourth-order valence-corrected chi connectivity index (χ4v) is 4.18. The Morgan fingerprint density at radius 2 is 1.76 bits per heavy atom. The van der Waals surface area contributed by atoms with Gasteiger partial charge in [0.25, 0.3) is 0 Å². The highest BCUT2D eigenvalue weighted by Gasteiger charge is 2.35. The average Bonchev–Trinajstić information content (AvgIpc) is 2.61. The smallest absolute Gasteiger partial charge is 0.197 e. The molecule has 2 aromatic carbocycles. The normalized spacial score (nSPS) is 14.7. The SMILES string of the molecule is Cc1ccc2c(=O)c3cccc4c3n(c2c1)-c1ncccc1C4(C)C. The molecule has 3 nitrogen and oxygen atoms in total. The summed E-state index contributed by atoms with van der Waals surface area (Å²) in [5, 5.41) is 1.50. The van der Waals surface area contributed by atoms with Gasteiger partial charge in [0.05, 0.1) is 11.0 Å². The molecular formula is C22H18N2O. The summed E-state index contributed by atoms with van der Waals surface area (Å²) in [5.74, 6) is 0.923. The molecule has 0 spiro atoms. The molecule has 0 fully saturated rings. The summed E-state index contributed by atoms with van der Waals surface area (Å²) >= 11 is 0. The van der Waals surface area contributed by atoms with E-state index in [-0.39, 0.29) is 10.8 Å². The molecular weight excluding hydrogens is 308 g/mol. The zero-order chi connectivity index (χ0) is 17.3. The van der Waals surface area contributed by atoms with Crippen LogP contribution in [0.4, 0.5) is 0 Å². The number of hydrogen-bond donors (Lipinski definition) is 0. The average molecular weight is 326 g/mol. The molecule has 1 aliphatic rings. The highest BCUT2D eigenvalue weighted by Crippen LogP contribution is 2.43. The molecule has 5 rings (SSSR count). The van der Waals surface area contributed by atoms with Crippen LogP contribution in [0.2, 0.25) is 0 Å². The second-order valence-corrected chi connectivity index (χ2v) is 7.39. The Morgan fingerprint density at radius 1 is 0.960 bits per heavy atom. The van der Waals surface area contributed by atoms with Gasteiger partial charge in [-0.2, -0.15) is 0 Å². The molecule has 0 aliphatic carbocycles. The first-order valence-corrected chi connectivity index (χ1v) is 8.54. The molecule has 0 bridgehead atoms. The van der Waals surface area contributed by atoms with Crippen molar-refractivity contribution in [1.82, 2.24) is 9.55 Å². The van der Waals surface area contributed by atoms with Gasteiger partial charge in [-0.05, 0) is 42.3 Å². The van der Waals surface area contributed by atoms with Gasteiger partial charge in [0, 0.05) is 27.9 Å². The van der Waals surface area contributed by atoms with E-state index >= 15 is 0 Å². The van der Waals surface area contributed by atoms with Gasteiger partial charge in [0.2, 0.25) is 0 Å². The predicted octanol–water partition coefficient (Wildman–Crippen LogP) is 4.49. The number of benzene rings is 2. The van der Waals surface area contributed by atoms with Crippen LogP contribution in [-0.2, 0) is 5.41 Å². The molecule has 0 atom stereocenters. The van der Waals surface area contributed by atoms with E-state index in [0.29, 0.717) is 0 Å². The van der Waals surface area contributed by atoms with Crippen LogP contribution in [0.25, 0.3) is 27.6 Å². The van der Waals surface area contributed by atoms with Crippen LogP contribution >= 0.6 is 0 Å². The molecule has 0 radical (unpaired) electrons. The lowest BCUT2D eigenvalue weighted by atomic mass is 9.75. The minimum absolute atomic E-state index is 0.0956. The standard InChI is InChI=1S/C22H18N2O/c1-13-9-10-14-18(12-13)24-19-15(20(14)25)6-4-7-16(19)22(2,3)17-8-5-11-23-21(17)24/h4-12H,1-3H3. The van der Waals surface area contributed by atoms with Crippen LogP contribution in [0.1, 0.15) is 30.5 Å². The van der Waals surface area contributed by atoms with Crippen molar-refractivity contribution < 1.29 is 0 Å². The lowest BCUT2D eigenvalue weighted by Crippen LogP contribution is -2.29. The minimum Gasteiger partial charge on any atom is -0.293 e. The van der Waals surface area contributed by atoms with Gasteiger partial charge in [0.15, 0.2) is 5.43 Å². The molecule has 4 aromatic rings. The molecule has 1 aliphatic heterocycles. The molecule has 0 saturated carbocycles. The van der Waals surface area contributed by atoms with Crippen molar-refractivity contribution in [3.63, 3.8) is 0 Å². The van der Waals surface area contributed by atoms with Crippen molar-refractivity contribution in [1.29, 1.82) is 0 Å². The third-order valence-corrected chi connectivity index (χ3v) is 5.49. The van der Waals surface area contributed by atoms with E-state index in [1.54, 1.807) is 0 Å². The summed E-state index contributed by atoms with van der Waals surface area (Å²) in [5.41, 5.74) is 5.30. The molecule has 0 saturated heterocycles. The molecule has 0 amide bonds. The first kappa shape index (κ1) is 14.4. The van der Waals surface area contributed by atoms with Crippen LogP contribution < -0.4 is 5.43 Å². The fraction of sp³-hybridized carbons (Fsp3) is 0.182. The summed E-state index contributed by atoms with van der Waals surface area (Å²) in [6.45, 7) is 6.47. The first-order valence-electron chi connectivity index (χ1n) is 8.54. The van der Waals surface area contributed by atoms with E-state index in [2.05, 4.69) is 43.5 Å². The second-order valence-electron chi connectivity index (χ2n) is 7.39. The van der Waals surface area contributed by atoms with Crippen molar-refractivity contribution in [2.24, 2.45) is 0 Å². The number of hydrogen-bond acceptors (Lipinski definition) is 2. The molecule has 122 valence electrons. The first-order chi connectivity index (χ1) is 12.0. The number of nitrogens with zero attached hydrogens (tertiary/aromatic N) is 2. The molecule has 3 heterocycles. The van der Waals surface area contributed by atoms with Crippen molar-refractivity contribution >= 4 is 21.8 Å². The van der Waals surface area contributed by atoms with Crippen LogP contribution in [-0.4, -0.2) is 9.55 Å². The Balaban J connectivity index is 2.18. The summed E-state index contributed by atoms with van der Waals surface area (Å²) < 4.78 is 2.18. The van der Waals surface area contributed by atoms with E-state index in [1.165, 1.54) is 11.1 Å². The quantitative estimate of drug-likeness (QED) is 0.446. The van der Waals surface area contributed by atoms with E-state index in [9.17, 15) is 4.79 Å². The highest BCUT2D eigenvalue weighted by molar-refractivity contribution is 5.98. The second kappa shape index (κ2) is 4.57. The predicted molar refractivity (Wildman–Crippen MR) is 102 cm³/mol. The van der Waals surface area contributed by atoms with Gasteiger partial charge in [-0.25, -0.2) is 4.98 Å². The topological polar surface area (TPSA) is 34.9 Å². The van der Waals surface area contributed by atoms with Gasteiger partial charge in [-0.1, -0.05) is 38.1 Å². The monoisotopic (exact) mass is 326 g/mol. The van der Waals surface area contributed by atoms with Gasteiger partial charge in [-0.15, -0.1) is 0 Å². The number of aromatic nitrogens is 2. The number of fused-ring (bicyclic) bond motifs is 4. The summed E-state index contributed by atoms with van der Waals surface area (Å²) in [7, 11) is 0. The lowest BCUT2D eigenvalue weighted by Gasteiger charge is -2.35. The maximum Gasteiger partial charge on any atom is 0.197 e. The fourth-order valence-electron chi connectivity index (χ4n) is 4.18. The number of rotatable bonds is 0. The highest BCUT2D eigenvalue weighted by atomic mass is 16.1. The van der Waals surface area contributed by atoms with Gasteiger partial charge in [-0.3, -0.25) is 9.36 Å². The Labute approximate surface area is 145 Å². The lowest BCUT2D eigenvalue weighted by molar-refractivity contribution is 0.623. The number of para-hydroxylation sites is 1. The Hall–Kier alpha value is -2.94. The van der Waals surface area contributed by atoms with Crippen molar-refractivity contribution in [3.8, 4) is 5.82 Å². The van der Waals surface area contributed by atoms with Crippen LogP contribution in [0, 0.1) is 6.92 Å². The largest absolute Gasteiger partial charge is 0.293 e. The van der Waals surface area contributed by atoms with Crippen LogP contribution in [0.5, 0.6) is 0 Å². The summed E-state index contributed by atoms with van der Waals surface area (Å²) in [6, 6.07) is 16.2. The third kappa shape index (κ3) is 1.70. The minimum atomic E-state index is -0.201. The van der Waals surface area contributed by atoms with Gasteiger partial charge in [0.1, 0.15) is 5.82 Å². The van der Waals surface area contributed by atoms with Gasteiger partial charge >= 0.3 is 0 Å². The number of pyridine rings is 2. The Bertz CT molecular complexity index is 1250. The van der Waals surface area contributed by atoms with E-state index < -0.39 is 0 Å². The van der Waals surface area contributed by atoms with Crippen LogP contribution in [0.3, 0.4) is 0 Å². The van der Waals surface area contributed by atoms with E-state index in [4.69, 9.17) is 4.98 Å². The van der Waals surface area contributed by atoms with E-state index in [1.807, 2.05) is 36.5 Å². The zero-order valence-corrected chi connectivity index (χ0v) is 14.5.